The summed E-state index contributed by atoms with van der Waals surface area (Å²) in [4.78, 5) is 14.7. The first-order chi connectivity index (χ1) is 16.3. The molecule has 1 heterocycles. The SMILES string of the molecule is O=C(Nc1ccc(F)cc1)C(c1ccccc1)N1CCN(S(=O)(=O)c2ccc(F)c(F)c2)CC1. The Kier molecular flexibility index (Phi) is 7.01. The van der Waals surface area contributed by atoms with Crippen molar-refractivity contribution in [2.24, 2.45) is 0 Å². The van der Waals surface area contributed by atoms with Gasteiger partial charge in [0.15, 0.2) is 11.6 Å². The largest absolute Gasteiger partial charge is 0.324 e. The van der Waals surface area contributed by atoms with E-state index in [1.807, 2.05) is 11.0 Å². The van der Waals surface area contributed by atoms with Crippen molar-refractivity contribution in [1.29, 1.82) is 0 Å². The Hall–Kier alpha value is -3.21. The summed E-state index contributed by atoms with van der Waals surface area (Å²) < 4.78 is 67.1. The van der Waals surface area contributed by atoms with Crippen LogP contribution in [0.1, 0.15) is 11.6 Å². The molecule has 1 unspecified atom stereocenters. The maximum Gasteiger partial charge on any atom is 0.246 e. The lowest BCUT2D eigenvalue weighted by Gasteiger charge is -2.38. The monoisotopic (exact) mass is 489 g/mol. The van der Waals surface area contributed by atoms with E-state index < -0.39 is 33.5 Å². The maximum absolute atomic E-state index is 13.6. The summed E-state index contributed by atoms with van der Waals surface area (Å²) in [6, 6.07) is 16.2. The van der Waals surface area contributed by atoms with E-state index in [1.54, 1.807) is 24.3 Å². The van der Waals surface area contributed by atoms with Gasteiger partial charge in [0.2, 0.25) is 15.9 Å². The van der Waals surface area contributed by atoms with Crippen molar-refractivity contribution in [1.82, 2.24) is 9.21 Å². The Labute approximate surface area is 195 Å². The first-order valence-corrected chi connectivity index (χ1v) is 12.0. The van der Waals surface area contributed by atoms with Crippen LogP contribution < -0.4 is 5.32 Å². The fourth-order valence-corrected chi connectivity index (χ4v) is 5.33. The molecule has 178 valence electrons. The maximum atomic E-state index is 13.6. The number of nitrogens with zero attached hydrogens (tertiary/aromatic N) is 2. The fourth-order valence-electron chi connectivity index (χ4n) is 3.90. The van der Waals surface area contributed by atoms with Crippen molar-refractivity contribution in [2.45, 2.75) is 10.9 Å². The molecule has 10 heteroatoms. The summed E-state index contributed by atoms with van der Waals surface area (Å²) in [6.07, 6.45) is 0. The molecule has 1 N–H and O–H groups in total. The molecule has 1 amide bonds. The van der Waals surface area contributed by atoms with Crippen molar-refractivity contribution >= 4 is 21.6 Å². The molecular formula is C24H22F3N3O3S. The molecular weight excluding hydrogens is 467 g/mol. The summed E-state index contributed by atoms with van der Waals surface area (Å²) in [5.74, 6) is -3.12. The molecule has 0 radical (unpaired) electrons. The molecule has 0 aromatic heterocycles. The van der Waals surface area contributed by atoms with E-state index in [0.717, 1.165) is 17.7 Å². The third kappa shape index (κ3) is 5.14. The molecule has 0 saturated carbocycles. The molecule has 1 atom stereocenters. The summed E-state index contributed by atoms with van der Waals surface area (Å²) in [5, 5.41) is 2.79. The van der Waals surface area contributed by atoms with E-state index in [1.165, 1.54) is 28.6 Å². The van der Waals surface area contributed by atoms with Crippen LogP contribution in [0.3, 0.4) is 0 Å². The fraction of sp³-hybridized carbons (Fsp3) is 0.208. The zero-order chi connectivity index (χ0) is 24.3. The lowest BCUT2D eigenvalue weighted by atomic mass is 10.0. The van der Waals surface area contributed by atoms with Crippen LogP contribution in [0, 0.1) is 17.5 Å². The van der Waals surface area contributed by atoms with Gasteiger partial charge in [-0.1, -0.05) is 30.3 Å². The van der Waals surface area contributed by atoms with Gasteiger partial charge in [-0.15, -0.1) is 0 Å². The van der Waals surface area contributed by atoms with Crippen molar-refractivity contribution in [2.75, 3.05) is 31.5 Å². The van der Waals surface area contributed by atoms with E-state index in [-0.39, 0.29) is 37.0 Å². The number of carbonyl (C=O) groups excluding carboxylic acids is 1. The predicted molar refractivity (Wildman–Crippen MR) is 121 cm³/mol. The third-order valence-electron chi connectivity index (χ3n) is 5.64. The minimum Gasteiger partial charge on any atom is -0.324 e. The Balaban J connectivity index is 1.52. The number of rotatable bonds is 6. The van der Waals surface area contributed by atoms with Gasteiger partial charge in [0.25, 0.3) is 0 Å². The Morgan fingerprint density at radius 2 is 1.47 bits per heavy atom. The highest BCUT2D eigenvalue weighted by Crippen LogP contribution is 2.27. The molecule has 1 fully saturated rings. The van der Waals surface area contributed by atoms with Gasteiger partial charge in [-0.2, -0.15) is 4.31 Å². The molecule has 1 aliphatic rings. The van der Waals surface area contributed by atoms with Gasteiger partial charge in [0, 0.05) is 31.9 Å². The van der Waals surface area contributed by atoms with E-state index in [9.17, 15) is 26.4 Å². The summed E-state index contributed by atoms with van der Waals surface area (Å²) in [7, 11) is -4.02. The van der Waals surface area contributed by atoms with Crippen molar-refractivity contribution in [3.8, 4) is 0 Å². The molecule has 0 bridgehead atoms. The second-order valence-electron chi connectivity index (χ2n) is 7.83. The molecule has 34 heavy (non-hydrogen) atoms. The zero-order valence-corrected chi connectivity index (χ0v) is 18.8. The zero-order valence-electron chi connectivity index (χ0n) is 18.0. The minimum atomic E-state index is -4.02. The number of amides is 1. The highest BCUT2D eigenvalue weighted by atomic mass is 32.2. The van der Waals surface area contributed by atoms with Gasteiger partial charge in [-0.05, 0) is 48.0 Å². The van der Waals surface area contributed by atoms with E-state index in [2.05, 4.69) is 5.32 Å². The topological polar surface area (TPSA) is 69.7 Å². The number of sulfonamides is 1. The van der Waals surface area contributed by atoms with E-state index in [0.29, 0.717) is 11.8 Å². The molecule has 3 aromatic rings. The Bertz CT molecular complexity index is 1260. The standard InChI is InChI=1S/C24H22F3N3O3S/c25-18-6-8-19(9-7-18)28-24(31)23(17-4-2-1-3-5-17)29-12-14-30(15-13-29)34(32,33)20-10-11-21(26)22(27)16-20/h1-11,16,23H,12-15H2,(H,28,31). The molecule has 1 saturated heterocycles. The van der Waals surface area contributed by atoms with E-state index >= 15 is 0 Å². The second-order valence-corrected chi connectivity index (χ2v) is 9.76. The van der Waals surface area contributed by atoms with E-state index in [4.69, 9.17) is 0 Å². The third-order valence-corrected chi connectivity index (χ3v) is 7.54. The molecule has 6 nitrogen and oxygen atoms in total. The van der Waals surface area contributed by atoms with Crippen LogP contribution in [0.25, 0.3) is 0 Å². The lowest BCUT2D eigenvalue weighted by Crippen LogP contribution is -2.51. The van der Waals surface area contributed by atoms with Gasteiger partial charge < -0.3 is 5.32 Å². The van der Waals surface area contributed by atoms with Gasteiger partial charge in [-0.25, -0.2) is 21.6 Å². The molecule has 0 aliphatic carbocycles. The summed E-state index contributed by atoms with van der Waals surface area (Å²) in [6.45, 7) is 0.599. The van der Waals surface area contributed by atoms with Crippen molar-refractivity contribution < 1.29 is 26.4 Å². The summed E-state index contributed by atoms with van der Waals surface area (Å²) in [5.41, 5.74) is 1.16. The molecule has 4 rings (SSSR count). The number of carbonyl (C=O) groups is 1. The Morgan fingerprint density at radius 1 is 0.824 bits per heavy atom. The number of halogens is 3. The van der Waals surface area contributed by atoms with Crippen LogP contribution in [0.5, 0.6) is 0 Å². The number of anilines is 1. The number of piperazine rings is 1. The van der Waals surface area contributed by atoms with Crippen LogP contribution in [-0.4, -0.2) is 49.7 Å². The van der Waals surface area contributed by atoms with Gasteiger partial charge in [0.1, 0.15) is 11.9 Å². The summed E-state index contributed by atoms with van der Waals surface area (Å²) >= 11 is 0. The molecule has 3 aromatic carbocycles. The average Bonchev–Trinajstić information content (AvgIpc) is 2.83. The first kappa shape index (κ1) is 23.9. The Morgan fingerprint density at radius 3 is 2.09 bits per heavy atom. The van der Waals surface area contributed by atoms with Crippen molar-refractivity contribution in [3.63, 3.8) is 0 Å². The van der Waals surface area contributed by atoms with Crippen LogP contribution in [0.4, 0.5) is 18.9 Å². The predicted octanol–water partition coefficient (Wildman–Crippen LogP) is 3.79. The minimum absolute atomic E-state index is 0.0640. The van der Waals surface area contributed by atoms with Crippen molar-refractivity contribution in [3.05, 3.63) is 95.8 Å². The molecule has 0 spiro atoms. The van der Waals surface area contributed by atoms with Crippen LogP contribution >= 0.6 is 0 Å². The van der Waals surface area contributed by atoms with Gasteiger partial charge in [0.05, 0.1) is 4.90 Å². The number of nitrogens with one attached hydrogen (secondary N) is 1. The first-order valence-electron chi connectivity index (χ1n) is 10.6. The number of hydrogen-bond donors (Lipinski definition) is 1. The number of benzene rings is 3. The van der Waals surface area contributed by atoms with Gasteiger partial charge in [-0.3, -0.25) is 9.69 Å². The average molecular weight is 490 g/mol. The van der Waals surface area contributed by atoms with Crippen LogP contribution in [-0.2, 0) is 14.8 Å². The molecule has 1 aliphatic heterocycles. The highest BCUT2D eigenvalue weighted by Gasteiger charge is 2.34. The normalized spacial score (nSPS) is 16.2. The lowest BCUT2D eigenvalue weighted by molar-refractivity contribution is -0.122. The van der Waals surface area contributed by atoms with Gasteiger partial charge >= 0.3 is 0 Å². The number of hydrogen-bond acceptors (Lipinski definition) is 4. The quantitative estimate of drug-likeness (QED) is 0.572. The van der Waals surface area contributed by atoms with Crippen LogP contribution in [0.15, 0.2) is 77.7 Å². The highest BCUT2D eigenvalue weighted by molar-refractivity contribution is 7.89. The second kappa shape index (κ2) is 9.96. The smallest absolute Gasteiger partial charge is 0.246 e. The van der Waals surface area contributed by atoms with Crippen LogP contribution in [0.2, 0.25) is 0 Å².